The van der Waals surface area contributed by atoms with Gasteiger partial charge in [0.2, 0.25) is 0 Å². The number of amidine groups is 1. The Morgan fingerprint density at radius 3 is 2.82 bits per heavy atom. The third kappa shape index (κ3) is 1.82. The van der Waals surface area contributed by atoms with E-state index in [0.29, 0.717) is 11.4 Å². The highest BCUT2D eigenvalue weighted by molar-refractivity contribution is 5.99. The standard InChI is InChI=1S/C10H12N6O/c1-6-7(2)16(5-12-6)10-8(9(11)15-17)3-4-13-14-10/h3-5,17H,1-2H3,(H2,11,15). The summed E-state index contributed by atoms with van der Waals surface area (Å²) >= 11 is 0. The lowest BCUT2D eigenvalue weighted by atomic mass is 10.2. The van der Waals surface area contributed by atoms with E-state index in [9.17, 15) is 0 Å². The molecule has 3 N–H and O–H groups in total. The summed E-state index contributed by atoms with van der Waals surface area (Å²) in [5, 5.41) is 19.5. The quantitative estimate of drug-likeness (QED) is 0.337. The van der Waals surface area contributed by atoms with E-state index >= 15 is 0 Å². The van der Waals surface area contributed by atoms with Gasteiger partial charge in [-0.15, -0.1) is 5.10 Å². The van der Waals surface area contributed by atoms with E-state index in [-0.39, 0.29) is 5.84 Å². The van der Waals surface area contributed by atoms with E-state index in [1.165, 1.54) is 6.20 Å². The van der Waals surface area contributed by atoms with Gasteiger partial charge >= 0.3 is 0 Å². The molecule has 0 atom stereocenters. The molecule has 0 bridgehead atoms. The van der Waals surface area contributed by atoms with Crippen LogP contribution in [0.3, 0.4) is 0 Å². The molecule has 88 valence electrons. The molecule has 0 spiro atoms. The maximum Gasteiger partial charge on any atom is 0.173 e. The average molecular weight is 232 g/mol. The molecule has 0 aliphatic rings. The van der Waals surface area contributed by atoms with E-state index in [1.807, 2.05) is 13.8 Å². The van der Waals surface area contributed by atoms with Crippen molar-refractivity contribution in [2.24, 2.45) is 10.9 Å². The first-order valence-corrected chi connectivity index (χ1v) is 4.95. The number of oxime groups is 1. The van der Waals surface area contributed by atoms with Crippen molar-refractivity contribution in [2.45, 2.75) is 13.8 Å². The third-order valence-electron chi connectivity index (χ3n) is 2.56. The largest absolute Gasteiger partial charge is 0.409 e. The summed E-state index contributed by atoms with van der Waals surface area (Å²) in [6.45, 7) is 3.80. The van der Waals surface area contributed by atoms with E-state index in [4.69, 9.17) is 10.9 Å². The second kappa shape index (κ2) is 4.20. The zero-order valence-corrected chi connectivity index (χ0v) is 9.49. The van der Waals surface area contributed by atoms with Crippen LogP contribution in [0, 0.1) is 13.8 Å². The molecule has 0 unspecified atom stereocenters. The van der Waals surface area contributed by atoms with Gasteiger partial charge < -0.3 is 10.9 Å². The lowest BCUT2D eigenvalue weighted by Crippen LogP contribution is -2.18. The van der Waals surface area contributed by atoms with Crippen LogP contribution in [0.25, 0.3) is 5.82 Å². The molecule has 2 heterocycles. The predicted molar refractivity (Wildman–Crippen MR) is 61.1 cm³/mol. The van der Waals surface area contributed by atoms with Crippen molar-refractivity contribution in [3.63, 3.8) is 0 Å². The topological polar surface area (TPSA) is 102 Å². The highest BCUT2D eigenvalue weighted by Crippen LogP contribution is 2.14. The maximum atomic E-state index is 8.72. The van der Waals surface area contributed by atoms with Gasteiger partial charge in [0.15, 0.2) is 11.7 Å². The Morgan fingerprint density at radius 2 is 2.24 bits per heavy atom. The SMILES string of the molecule is Cc1ncn(-c2nnccc2/C(N)=N/O)c1C. The van der Waals surface area contributed by atoms with Gasteiger partial charge in [-0.05, 0) is 19.9 Å². The maximum absolute atomic E-state index is 8.72. The Kier molecular flexibility index (Phi) is 2.73. The van der Waals surface area contributed by atoms with E-state index in [1.54, 1.807) is 17.0 Å². The number of rotatable bonds is 2. The van der Waals surface area contributed by atoms with Crippen molar-refractivity contribution in [3.05, 3.63) is 35.5 Å². The van der Waals surface area contributed by atoms with E-state index < -0.39 is 0 Å². The monoisotopic (exact) mass is 232 g/mol. The van der Waals surface area contributed by atoms with E-state index in [2.05, 4.69) is 20.3 Å². The molecular weight excluding hydrogens is 220 g/mol. The normalized spacial score (nSPS) is 11.8. The summed E-state index contributed by atoms with van der Waals surface area (Å²) in [4.78, 5) is 4.17. The molecule has 17 heavy (non-hydrogen) atoms. The van der Waals surface area contributed by atoms with Crippen LogP contribution < -0.4 is 5.73 Å². The fourth-order valence-corrected chi connectivity index (χ4v) is 1.47. The highest BCUT2D eigenvalue weighted by Gasteiger charge is 2.13. The number of nitrogens with zero attached hydrogens (tertiary/aromatic N) is 5. The van der Waals surface area contributed by atoms with Gasteiger partial charge in [-0.3, -0.25) is 4.57 Å². The number of hydrogen-bond donors (Lipinski definition) is 2. The van der Waals surface area contributed by atoms with Gasteiger partial charge in [0.05, 0.1) is 17.5 Å². The lowest BCUT2D eigenvalue weighted by Gasteiger charge is -2.08. The van der Waals surface area contributed by atoms with Crippen LogP contribution in [0.15, 0.2) is 23.7 Å². The first kappa shape index (κ1) is 11.1. The first-order valence-electron chi connectivity index (χ1n) is 4.95. The van der Waals surface area contributed by atoms with Crippen LogP contribution in [0.5, 0.6) is 0 Å². The summed E-state index contributed by atoms with van der Waals surface area (Å²) in [7, 11) is 0. The van der Waals surface area contributed by atoms with Crippen LogP contribution >= 0.6 is 0 Å². The minimum Gasteiger partial charge on any atom is -0.409 e. The van der Waals surface area contributed by atoms with Crippen molar-refractivity contribution < 1.29 is 5.21 Å². The second-order valence-electron chi connectivity index (χ2n) is 3.54. The van der Waals surface area contributed by atoms with Gasteiger partial charge in [-0.25, -0.2) is 4.98 Å². The molecule has 0 radical (unpaired) electrons. The van der Waals surface area contributed by atoms with Crippen molar-refractivity contribution in [3.8, 4) is 5.82 Å². The smallest absolute Gasteiger partial charge is 0.173 e. The fourth-order valence-electron chi connectivity index (χ4n) is 1.47. The van der Waals surface area contributed by atoms with Crippen molar-refractivity contribution in [2.75, 3.05) is 0 Å². The molecule has 2 aromatic heterocycles. The number of aromatic nitrogens is 4. The first-order chi connectivity index (χ1) is 8.15. The Hall–Kier alpha value is -2.44. The highest BCUT2D eigenvalue weighted by atomic mass is 16.4. The second-order valence-corrected chi connectivity index (χ2v) is 3.54. The number of hydrogen-bond acceptors (Lipinski definition) is 5. The molecule has 0 aliphatic carbocycles. The molecule has 7 nitrogen and oxygen atoms in total. The Labute approximate surface area is 97.6 Å². The average Bonchev–Trinajstić information content (AvgIpc) is 2.69. The molecule has 2 aromatic rings. The molecule has 7 heteroatoms. The van der Waals surface area contributed by atoms with Crippen molar-refractivity contribution in [1.82, 2.24) is 19.7 Å². The van der Waals surface area contributed by atoms with Gasteiger partial charge in [0.25, 0.3) is 0 Å². The summed E-state index contributed by atoms with van der Waals surface area (Å²) < 4.78 is 1.75. The van der Waals surface area contributed by atoms with Crippen molar-refractivity contribution >= 4 is 5.84 Å². The van der Waals surface area contributed by atoms with Crippen LogP contribution in [0.4, 0.5) is 0 Å². The predicted octanol–water partition coefficient (Wildman–Crippen LogP) is 0.374. The van der Waals surface area contributed by atoms with Gasteiger partial charge in [-0.1, -0.05) is 5.16 Å². The van der Waals surface area contributed by atoms with E-state index in [0.717, 1.165) is 11.4 Å². The lowest BCUT2D eigenvalue weighted by molar-refractivity contribution is 0.318. The number of nitrogens with two attached hydrogens (primary N) is 1. The zero-order chi connectivity index (χ0) is 12.4. The summed E-state index contributed by atoms with van der Waals surface area (Å²) in [6, 6.07) is 1.63. The zero-order valence-electron chi connectivity index (χ0n) is 9.49. The van der Waals surface area contributed by atoms with Gasteiger partial charge in [0, 0.05) is 5.69 Å². The Morgan fingerprint density at radius 1 is 1.47 bits per heavy atom. The number of imidazole rings is 1. The fraction of sp³-hybridized carbons (Fsp3) is 0.200. The molecule has 0 fully saturated rings. The molecule has 0 aliphatic heterocycles. The van der Waals surface area contributed by atoms with Crippen LogP contribution in [0.2, 0.25) is 0 Å². The summed E-state index contributed by atoms with van der Waals surface area (Å²) in [5.41, 5.74) is 7.91. The Bertz CT molecular complexity index is 574. The minimum absolute atomic E-state index is 0.0133. The molecule has 0 aromatic carbocycles. The van der Waals surface area contributed by atoms with Gasteiger partial charge in [0.1, 0.15) is 6.33 Å². The summed E-state index contributed by atoms with van der Waals surface area (Å²) in [5.74, 6) is 0.474. The minimum atomic E-state index is -0.0133. The molecule has 0 saturated carbocycles. The molecule has 0 saturated heterocycles. The van der Waals surface area contributed by atoms with Crippen molar-refractivity contribution in [1.29, 1.82) is 0 Å². The molecular formula is C10H12N6O. The third-order valence-corrected chi connectivity index (χ3v) is 2.56. The van der Waals surface area contributed by atoms with Crippen LogP contribution in [-0.4, -0.2) is 30.8 Å². The van der Waals surface area contributed by atoms with Gasteiger partial charge in [-0.2, -0.15) is 5.10 Å². The van der Waals surface area contributed by atoms with Crippen LogP contribution in [0.1, 0.15) is 17.0 Å². The summed E-state index contributed by atoms with van der Waals surface area (Å²) in [6.07, 6.45) is 3.11. The molecule has 0 amide bonds. The number of aryl methyl sites for hydroxylation is 1. The Balaban J connectivity index is 2.64. The molecule has 2 rings (SSSR count). The van der Waals surface area contributed by atoms with Crippen LogP contribution in [-0.2, 0) is 0 Å².